The Bertz CT molecular complexity index is 564. The summed E-state index contributed by atoms with van der Waals surface area (Å²) in [5.41, 5.74) is 3.05. The highest BCUT2D eigenvalue weighted by molar-refractivity contribution is 5.47. The molecule has 0 N–H and O–H groups in total. The third kappa shape index (κ3) is 3.46. The molecule has 0 saturated carbocycles. The van der Waals surface area contributed by atoms with Crippen LogP contribution in [-0.2, 0) is 6.54 Å². The lowest BCUT2D eigenvalue weighted by atomic mass is 10.1. The molecule has 0 spiro atoms. The van der Waals surface area contributed by atoms with Gasteiger partial charge in [0.2, 0.25) is 0 Å². The summed E-state index contributed by atoms with van der Waals surface area (Å²) in [5, 5.41) is 8.80. The first kappa shape index (κ1) is 12.9. The Morgan fingerprint density at radius 1 is 1.05 bits per heavy atom. The summed E-state index contributed by atoms with van der Waals surface area (Å²) in [4.78, 5) is 2.24. The Hall–Kier alpha value is -2.53. The van der Waals surface area contributed by atoms with E-state index in [1.807, 2.05) is 48.5 Å². The summed E-state index contributed by atoms with van der Waals surface area (Å²) < 4.78 is 0. The SMILES string of the molecule is C=CCN(Cc1ccc(C#N)cc1)c1ccccc1. The fourth-order valence-electron chi connectivity index (χ4n) is 1.96. The molecule has 2 aromatic carbocycles. The van der Waals surface area contributed by atoms with Crippen LogP contribution < -0.4 is 4.90 Å². The summed E-state index contributed by atoms with van der Waals surface area (Å²) in [6.45, 7) is 5.41. The summed E-state index contributed by atoms with van der Waals surface area (Å²) in [7, 11) is 0. The topological polar surface area (TPSA) is 27.0 Å². The molecule has 0 fully saturated rings. The van der Waals surface area contributed by atoms with Crippen LogP contribution in [0.5, 0.6) is 0 Å². The Kier molecular flexibility index (Phi) is 4.36. The number of benzene rings is 2. The maximum atomic E-state index is 8.80. The zero-order valence-electron chi connectivity index (χ0n) is 10.8. The number of nitriles is 1. The molecule has 94 valence electrons. The molecule has 0 bridgehead atoms. The van der Waals surface area contributed by atoms with Crippen molar-refractivity contribution in [2.45, 2.75) is 6.54 Å². The fraction of sp³-hybridized carbons (Fsp3) is 0.118. The predicted molar refractivity (Wildman–Crippen MR) is 78.8 cm³/mol. The van der Waals surface area contributed by atoms with E-state index in [1.54, 1.807) is 0 Å². The van der Waals surface area contributed by atoms with Crippen LogP contribution in [-0.4, -0.2) is 6.54 Å². The molecule has 0 saturated heterocycles. The highest BCUT2D eigenvalue weighted by atomic mass is 15.1. The average molecular weight is 248 g/mol. The second kappa shape index (κ2) is 6.42. The lowest BCUT2D eigenvalue weighted by molar-refractivity contribution is 0.868. The molecule has 0 amide bonds. The first-order chi connectivity index (χ1) is 9.33. The molecule has 0 unspecified atom stereocenters. The van der Waals surface area contributed by atoms with Crippen LogP contribution in [0, 0.1) is 11.3 Å². The van der Waals surface area contributed by atoms with E-state index in [1.165, 1.54) is 11.3 Å². The van der Waals surface area contributed by atoms with Gasteiger partial charge in [0, 0.05) is 18.8 Å². The van der Waals surface area contributed by atoms with Gasteiger partial charge in [-0.1, -0.05) is 36.4 Å². The van der Waals surface area contributed by atoms with Crippen LogP contribution >= 0.6 is 0 Å². The molecule has 2 aromatic rings. The van der Waals surface area contributed by atoms with Gasteiger partial charge in [-0.15, -0.1) is 6.58 Å². The number of hydrogen-bond acceptors (Lipinski definition) is 2. The molecule has 0 atom stereocenters. The minimum atomic E-state index is 0.693. The van der Waals surface area contributed by atoms with Crippen LogP contribution in [0.1, 0.15) is 11.1 Å². The third-order valence-electron chi connectivity index (χ3n) is 2.93. The first-order valence-electron chi connectivity index (χ1n) is 6.23. The average Bonchev–Trinajstić information content (AvgIpc) is 2.48. The number of anilines is 1. The van der Waals surface area contributed by atoms with Crippen LogP contribution in [0.2, 0.25) is 0 Å². The van der Waals surface area contributed by atoms with E-state index < -0.39 is 0 Å². The van der Waals surface area contributed by atoms with Crippen LogP contribution in [0.25, 0.3) is 0 Å². The van der Waals surface area contributed by atoms with Crippen LogP contribution in [0.15, 0.2) is 67.3 Å². The van der Waals surface area contributed by atoms with Gasteiger partial charge < -0.3 is 4.90 Å². The second-order valence-electron chi connectivity index (χ2n) is 4.31. The van der Waals surface area contributed by atoms with E-state index in [-0.39, 0.29) is 0 Å². The molecule has 0 heterocycles. The highest BCUT2D eigenvalue weighted by Crippen LogP contribution is 2.16. The van der Waals surface area contributed by atoms with Crippen LogP contribution in [0.4, 0.5) is 5.69 Å². The fourth-order valence-corrected chi connectivity index (χ4v) is 1.96. The standard InChI is InChI=1S/C17H16N2/c1-2-12-19(17-6-4-3-5-7-17)14-16-10-8-15(13-18)9-11-16/h2-11H,1,12,14H2. The van der Waals surface area contributed by atoms with Gasteiger partial charge in [-0.05, 0) is 29.8 Å². The molecule has 0 aliphatic carbocycles. The molecule has 0 radical (unpaired) electrons. The Labute approximate surface area is 114 Å². The van der Waals surface area contributed by atoms with Crippen molar-refractivity contribution in [1.29, 1.82) is 5.26 Å². The normalized spacial score (nSPS) is 9.63. The zero-order valence-corrected chi connectivity index (χ0v) is 10.8. The number of nitrogens with zero attached hydrogens (tertiary/aromatic N) is 2. The monoisotopic (exact) mass is 248 g/mol. The Balaban J connectivity index is 2.16. The Morgan fingerprint density at radius 2 is 1.74 bits per heavy atom. The summed E-state index contributed by atoms with van der Waals surface area (Å²) >= 11 is 0. The van der Waals surface area contributed by atoms with Crippen molar-refractivity contribution >= 4 is 5.69 Å². The maximum absolute atomic E-state index is 8.80. The summed E-state index contributed by atoms with van der Waals surface area (Å²) in [6, 6.07) is 20.1. The molecule has 2 rings (SSSR count). The predicted octanol–water partition coefficient (Wildman–Crippen LogP) is 3.75. The van der Waals surface area contributed by atoms with Gasteiger partial charge in [-0.2, -0.15) is 5.26 Å². The van der Waals surface area contributed by atoms with Crippen molar-refractivity contribution in [2.24, 2.45) is 0 Å². The molecule has 2 nitrogen and oxygen atoms in total. The van der Waals surface area contributed by atoms with Gasteiger partial charge in [0.15, 0.2) is 0 Å². The van der Waals surface area contributed by atoms with Gasteiger partial charge in [-0.3, -0.25) is 0 Å². The number of rotatable bonds is 5. The van der Waals surface area contributed by atoms with E-state index in [0.717, 1.165) is 13.1 Å². The molecule has 0 aliphatic rings. The quantitative estimate of drug-likeness (QED) is 0.753. The smallest absolute Gasteiger partial charge is 0.0991 e. The van der Waals surface area contributed by atoms with Gasteiger partial charge in [-0.25, -0.2) is 0 Å². The molecule has 0 aliphatic heterocycles. The summed E-state index contributed by atoms with van der Waals surface area (Å²) in [5.74, 6) is 0. The van der Waals surface area contributed by atoms with Gasteiger partial charge in [0.25, 0.3) is 0 Å². The van der Waals surface area contributed by atoms with Crippen molar-refractivity contribution in [3.05, 3.63) is 78.4 Å². The number of para-hydroxylation sites is 1. The van der Waals surface area contributed by atoms with Crippen LogP contribution in [0.3, 0.4) is 0 Å². The molecular weight excluding hydrogens is 232 g/mol. The third-order valence-corrected chi connectivity index (χ3v) is 2.93. The van der Waals surface area contributed by atoms with E-state index in [0.29, 0.717) is 5.56 Å². The summed E-state index contributed by atoms with van der Waals surface area (Å²) in [6.07, 6.45) is 1.90. The van der Waals surface area contributed by atoms with Crippen molar-refractivity contribution < 1.29 is 0 Å². The lowest BCUT2D eigenvalue weighted by Gasteiger charge is -2.23. The van der Waals surface area contributed by atoms with Crippen molar-refractivity contribution in [3.63, 3.8) is 0 Å². The highest BCUT2D eigenvalue weighted by Gasteiger charge is 2.05. The molecule has 0 aromatic heterocycles. The minimum absolute atomic E-state index is 0.693. The molecule has 19 heavy (non-hydrogen) atoms. The van der Waals surface area contributed by atoms with E-state index in [9.17, 15) is 0 Å². The van der Waals surface area contributed by atoms with Crippen molar-refractivity contribution in [1.82, 2.24) is 0 Å². The van der Waals surface area contributed by atoms with E-state index in [4.69, 9.17) is 5.26 Å². The molecule has 2 heteroatoms. The van der Waals surface area contributed by atoms with Gasteiger partial charge in [0.05, 0.1) is 11.6 Å². The van der Waals surface area contributed by atoms with Crippen molar-refractivity contribution in [3.8, 4) is 6.07 Å². The Morgan fingerprint density at radius 3 is 2.32 bits per heavy atom. The van der Waals surface area contributed by atoms with Gasteiger partial charge >= 0.3 is 0 Å². The largest absolute Gasteiger partial charge is 0.363 e. The van der Waals surface area contributed by atoms with Gasteiger partial charge in [0.1, 0.15) is 0 Å². The number of hydrogen-bond donors (Lipinski definition) is 0. The van der Waals surface area contributed by atoms with E-state index in [2.05, 4.69) is 29.7 Å². The molecular formula is C17H16N2. The van der Waals surface area contributed by atoms with Crippen molar-refractivity contribution in [2.75, 3.05) is 11.4 Å². The minimum Gasteiger partial charge on any atom is -0.363 e. The zero-order chi connectivity index (χ0) is 13.5. The lowest BCUT2D eigenvalue weighted by Crippen LogP contribution is -2.22. The maximum Gasteiger partial charge on any atom is 0.0991 e. The second-order valence-corrected chi connectivity index (χ2v) is 4.31. The first-order valence-corrected chi connectivity index (χ1v) is 6.23. The van der Waals surface area contributed by atoms with E-state index >= 15 is 0 Å².